The number of hydrogen-bond acceptors (Lipinski definition) is 4. The molecule has 36 heavy (non-hydrogen) atoms. The number of aromatic nitrogens is 1. The van der Waals surface area contributed by atoms with Crippen LogP contribution in [-0.2, 0) is 0 Å². The first kappa shape index (κ1) is 25.2. The third-order valence-corrected chi connectivity index (χ3v) is 6.85. The molecule has 1 fully saturated rings. The van der Waals surface area contributed by atoms with E-state index in [9.17, 15) is 14.4 Å². The smallest absolute Gasteiger partial charge is 0.404 e. The molecule has 2 aromatic carbocycles. The number of carbonyl (C=O) groups is 3. The standard InChI is InChI=1S/C28H32N4O4/c1-32(2)27(34)21-13-11-20(12-14-21)25-15-23(22-5-3-4-6-24(22)31-25)26(33)29-16-18-7-9-19(10-8-18)17-30-28(35)36/h3-6,11-15,18-19,30H,7-10,16-17H2,1-2H3,(H,29,33)(H,35,36)/t18-,19-. The Balaban J connectivity index is 1.47. The molecule has 3 N–H and O–H groups in total. The molecule has 4 rings (SSSR count). The number of nitrogens with one attached hydrogen (secondary N) is 2. The number of amides is 3. The van der Waals surface area contributed by atoms with Crippen LogP contribution in [0.4, 0.5) is 4.79 Å². The summed E-state index contributed by atoms with van der Waals surface area (Å²) >= 11 is 0. The molecule has 0 atom stereocenters. The monoisotopic (exact) mass is 488 g/mol. The highest BCUT2D eigenvalue weighted by Crippen LogP contribution is 2.29. The normalized spacial score (nSPS) is 17.4. The fraction of sp³-hybridized carbons (Fsp3) is 0.357. The topological polar surface area (TPSA) is 112 Å². The van der Waals surface area contributed by atoms with Crippen LogP contribution in [0.2, 0.25) is 0 Å². The van der Waals surface area contributed by atoms with Gasteiger partial charge in [0, 0.05) is 43.7 Å². The van der Waals surface area contributed by atoms with E-state index in [1.807, 2.05) is 42.5 Å². The number of hydrogen-bond donors (Lipinski definition) is 3. The summed E-state index contributed by atoms with van der Waals surface area (Å²) in [6.07, 6.45) is 2.86. The molecule has 1 aromatic heterocycles. The molecule has 3 aromatic rings. The molecule has 1 heterocycles. The minimum atomic E-state index is -0.980. The van der Waals surface area contributed by atoms with Crippen LogP contribution in [-0.4, -0.2) is 60.1 Å². The average molecular weight is 489 g/mol. The van der Waals surface area contributed by atoms with E-state index in [1.54, 1.807) is 26.2 Å². The highest BCUT2D eigenvalue weighted by atomic mass is 16.4. The second-order valence-electron chi connectivity index (χ2n) is 9.63. The second kappa shape index (κ2) is 11.2. The van der Waals surface area contributed by atoms with Gasteiger partial charge in [-0.1, -0.05) is 30.3 Å². The molecular formula is C28H32N4O4. The molecule has 1 saturated carbocycles. The van der Waals surface area contributed by atoms with Crippen molar-refractivity contribution in [1.29, 1.82) is 0 Å². The predicted octanol–water partition coefficient (Wildman–Crippen LogP) is 4.41. The lowest BCUT2D eigenvalue weighted by Gasteiger charge is -2.28. The van der Waals surface area contributed by atoms with Gasteiger partial charge in [-0.3, -0.25) is 9.59 Å². The lowest BCUT2D eigenvalue weighted by Crippen LogP contribution is -2.34. The number of carbonyl (C=O) groups excluding carboxylic acids is 2. The largest absolute Gasteiger partial charge is 0.465 e. The van der Waals surface area contributed by atoms with E-state index < -0.39 is 6.09 Å². The van der Waals surface area contributed by atoms with E-state index in [4.69, 9.17) is 10.1 Å². The molecule has 8 nitrogen and oxygen atoms in total. The highest BCUT2D eigenvalue weighted by Gasteiger charge is 2.23. The maximum absolute atomic E-state index is 13.3. The molecule has 1 aliphatic carbocycles. The van der Waals surface area contributed by atoms with Crippen molar-refractivity contribution < 1.29 is 19.5 Å². The number of carboxylic acid groups (broad SMARTS) is 1. The van der Waals surface area contributed by atoms with Crippen LogP contribution in [0.3, 0.4) is 0 Å². The van der Waals surface area contributed by atoms with E-state index in [-0.39, 0.29) is 11.8 Å². The summed E-state index contributed by atoms with van der Waals surface area (Å²) in [6.45, 7) is 1.08. The lowest BCUT2D eigenvalue weighted by molar-refractivity contribution is 0.0827. The average Bonchev–Trinajstić information content (AvgIpc) is 2.90. The minimum absolute atomic E-state index is 0.0692. The van der Waals surface area contributed by atoms with Gasteiger partial charge in [-0.15, -0.1) is 0 Å². The summed E-state index contributed by atoms with van der Waals surface area (Å²) in [5.74, 6) is 0.535. The molecule has 0 unspecified atom stereocenters. The van der Waals surface area contributed by atoms with Crippen LogP contribution < -0.4 is 10.6 Å². The van der Waals surface area contributed by atoms with E-state index in [0.29, 0.717) is 41.7 Å². The minimum Gasteiger partial charge on any atom is -0.465 e. The number of fused-ring (bicyclic) bond motifs is 1. The van der Waals surface area contributed by atoms with Crippen molar-refractivity contribution in [2.45, 2.75) is 25.7 Å². The van der Waals surface area contributed by atoms with Gasteiger partial charge in [0.05, 0.1) is 16.8 Å². The molecule has 3 amide bonds. The fourth-order valence-corrected chi connectivity index (χ4v) is 4.76. The molecule has 1 aliphatic rings. The maximum atomic E-state index is 13.3. The maximum Gasteiger partial charge on any atom is 0.404 e. The summed E-state index contributed by atoms with van der Waals surface area (Å²) in [5, 5.41) is 15.2. The quantitative estimate of drug-likeness (QED) is 0.456. The van der Waals surface area contributed by atoms with Crippen molar-refractivity contribution in [3.05, 3.63) is 65.7 Å². The van der Waals surface area contributed by atoms with Gasteiger partial charge < -0.3 is 20.6 Å². The number of pyridine rings is 1. The van der Waals surface area contributed by atoms with Crippen LogP contribution in [0.1, 0.15) is 46.4 Å². The van der Waals surface area contributed by atoms with Crippen molar-refractivity contribution in [2.24, 2.45) is 11.8 Å². The van der Waals surface area contributed by atoms with E-state index in [1.165, 1.54) is 4.90 Å². The summed E-state index contributed by atoms with van der Waals surface area (Å²) < 4.78 is 0. The predicted molar refractivity (Wildman–Crippen MR) is 139 cm³/mol. The van der Waals surface area contributed by atoms with Gasteiger partial charge in [0.15, 0.2) is 0 Å². The van der Waals surface area contributed by atoms with Gasteiger partial charge in [-0.2, -0.15) is 0 Å². The summed E-state index contributed by atoms with van der Waals surface area (Å²) in [7, 11) is 3.43. The lowest BCUT2D eigenvalue weighted by atomic mass is 9.82. The van der Waals surface area contributed by atoms with Crippen molar-refractivity contribution in [1.82, 2.24) is 20.5 Å². The highest BCUT2D eigenvalue weighted by molar-refractivity contribution is 6.07. The van der Waals surface area contributed by atoms with E-state index >= 15 is 0 Å². The van der Waals surface area contributed by atoms with Gasteiger partial charge in [-0.25, -0.2) is 9.78 Å². The van der Waals surface area contributed by atoms with Gasteiger partial charge >= 0.3 is 6.09 Å². The van der Waals surface area contributed by atoms with Gasteiger partial charge in [0.1, 0.15) is 0 Å². The van der Waals surface area contributed by atoms with Crippen molar-refractivity contribution in [3.63, 3.8) is 0 Å². The van der Waals surface area contributed by atoms with Gasteiger partial charge in [-0.05, 0) is 61.8 Å². The molecular weight excluding hydrogens is 456 g/mol. The molecule has 0 saturated heterocycles. The van der Waals surface area contributed by atoms with E-state index in [2.05, 4.69) is 10.6 Å². The van der Waals surface area contributed by atoms with Crippen LogP contribution in [0.15, 0.2) is 54.6 Å². The zero-order chi connectivity index (χ0) is 25.7. The zero-order valence-corrected chi connectivity index (χ0v) is 20.7. The fourth-order valence-electron chi connectivity index (χ4n) is 4.76. The summed E-state index contributed by atoms with van der Waals surface area (Å²) in [6, 6.07) is 16.7. The Morgan fingerprint density at radius 1 is 0.917 bits per heavy atom. The first-order valence-electron chi connectivity index (χ1n) is 12.3. The SMILES string of the molecule is CN(C)C(=O)c1ccc(-c2cc(C(=O)NC[C@H]3CC[C@H](CNC(=O)O)CC3)c3ccccc3n2)cc1. The Morgan fingerprint density at radius 2 is 1.53 bits per heavy atom. The first-order chi connectivity index (χ1) is 17.3. The van der Waals surface area contributed by atoms with Crippen LogP contribution >= 0.6 is 0 Å². The third-order valence-electron chi connectivity index (χ3n) is 6.85. The molecule has 0 radical (unpaired) electrons. The van der Waals surface area contributed by atoms with Crippen molar-refractivity contribution in [3.8, 4) is 11.3 Å². The Hall–Kier alpha value is -3.94. The Labute approximate surface area is 210 Å². The molecule has 0 bridgehead atoms. The second-order valence-corrected chi connectivity index (χ2v) is 9.63. The van der Waals surface area contributed by atoms with Gasteiger partial charge in [0.2, 0.25) is 0 Å². The Morgan fingerprint density at radius 3 is 2.14 bits per heavy atom. The van der Waals surface area contributed by atoms with E-state index in [0.717, 1.165) is 42.1 Å². The third kappa shape index (κ3) is 6.00. The number of benzene rings is 2. The number of rotatable bonds is 7. The Kier molecular flexibility index (Phi) is 7.83. The molecule has 8 heteroatoms. The van der Waals surface area contributed by atoms with Crippen LogP contribution in [0, 0.1) is 11.8 Å². The Bertz CT molecular complexity index is 1250. The van der Waals surface area contributed by atoms with Crippen LogP contribution in [0.5, 0.6) is 0 Å². The number of para-hydroxylation sites is 1. The first-order valence-corrected chi connectivity index (χ1v) is 12.3. The number of nitrogens with zero attached hydrogens (tertiary/aromatic N) is 2. The van der Waals surface area contributed by atoms with Crippen molar-refractivity contribution >= 4 is 28.8 Å². The molecule has 0 spiro atoms. The molecule has 188 valence electrons. The summed E-state index contributed by atoms with van der Waals surface area (Å²) in [5.41, 5.74) is 3.41. The van der Waals surface area contributed by atoms with Crippen LogP contribution in [0.25, 0.3) is 22.2 Å². The molecule has 0 aliphatic heterocycles. The van der Waals surface area contributed by atoms with Gasteiger partial charge in [0.25, 0.3) is 11.8 Å². The zero-order valence-electron chi connectivity index (χ0n) is 20.7. The summed E-state index contributed by atoms with van der Waals surface area (Å²) in [4.78, 5) is 42.5. The van der Waals surface area contributed by atoms with Crippen molar-refractivity contribution in [2.75, 3.05) is 27.2 Å².